The molecule has 2 aromatic heterocycles. The van der Waals surface area contributed by atoms with Crippen LogP contribution >= 0.6 is 22.9 Å². The van der Waals surface area contributed by atoms with E-state index in [0.29, 0.717) is 11.0 Å². The van der Waals surface area contributed by atoms with Crippen molar-refractivity contribution in [1.29, 1.82) is 0 Å². The van der Waals surface area contributed by atoms with Gasteiger partial charge in [-0.05, 0) is 36.1 Å². The molecule has 2 heterocycles. The first-order chi connectivity index (χ1) is 8.66. The molecule has 3 nitrogen and oxygen atoms in total. The maximum absolute atomic E-state index is 6.13. The first-order valence-corrected chi connectivity index (χ1v) is 6.86. The third-order valence-corrected chi connectivity index (χ3v) is 4.34. The van der Waals surface area contributed by atoms with Crippen LogP contribution in [0.5, 0.6) is 0 Å². The molecule has 3 rings (SSSR count). The lowest BCUT2D eigenvalue weighted by molar-refractivity contribution is 0.848. The molecule has 5 heteroatoms. The largest absolute Gasteiger partial charge is 0.369 e. The average molecular weight is 278 g/mol. The topological polar surface area (TPSA) is 43.8 Å². The number of aromatic nitrogens is 2. The van der Waals surface area contributed by atoms with Gasteiger partial charge in [-0.2, -0.15) is 0 Å². The number of nitrogens with zero attached hydrogens (tertiary/aromatic N) is 2. The molecule has 2 N–H and O–H groups in total. The van der Waals surface area contributed by atoms with Crippen molar-refractivity contribution in [3.63, 3.8) is 0 Å². The molecule has 0 saturated carbocycles. The minimum Gasteiger partial charge on any atom is -0.369 e. The number of anilines is 1. The molecule has 3 aromatic rings. The monoisotopic (exact) mass is 277 g/mol. The fraction of sp³-hybridized carbons (Fsp3) is 0.154. The molecule has 0 amide bonds. The molecule has 0 fully saturated rings. The highest BCUT2D eigenvalue weighted by Gasteiger charge is 2.12. The van der Waals surface area contributed by atoms with E-state index in [-0.39, 0.29) is 0 Å². The number of thiophene rings is 1. The Balaban J connectivity index is 2.15. The highest BCUT2D eigenvalue weighted by atomic mass is 35.5. The Morgan fingerprint density at radius 2 is 2.22 bits per heavy atom. The number of fused-ring (bicyclic) bond motifs is 1. The Labute approximate surface area is 114 Å². The third kappa shape index (κ3) is 1.78. The first kappa shape index (κ1) is 11.6. The van der Waals surface area contributed by atoms with Crippen molar-refractivity contribution in [3.8, 4) is 0 Å². The highest BCUT2D eigenvalue weighted by Crippen LogP contribution is 2.27. The van der Waals surface area contributed by atoms with Crippen molar-refractivity contribution in [1.82, 2.24) is 9.55 Å². The number of nitrogens with two attached hydrogens (primary N) is 1. The summed E-state index contributed by atoms with van der Waals surface area (Å²) < 4.78 is 2.00. The lowest BCUT2D eigenvalue weighted by Crippen LogP contribution is -2.04. The number of aryl methyl sites for hydroxylation is 1. The van der Waals surface area contributed by atoms with Crippen LogP contribution < -0.4 is 5.73 Å². The molecule has 0 aliphatic rings. The summed E-state index contributed by atoms with van der Waals surface area (Å²) in [5.41, 5.74) is 9.02. The van der Waals surface area contributed by atoms with Crippen LogP contribution in [0.4, 0.5) is 5.95 Å². The summed E-state index contributed by atoms with van der Waals surface area (Å²) in [5.74, 6) is 0.505. The second-order valence-corrected chi connectivity index (χ2v) is 5.60. The number of para-hydroxylation sites is 1. The summed E-state index contributed by atoms with van der Waals surface area (Å²) in [7, 11) is 0. The Kier molecular flexibility index (Phi) is 2.76. The van der Waals surface area contributed by atoms with Crippen molar-refractivity contribution in [3.05, 3.63) is 45.1 Å². The van der Waals surface area contributed by atoms with Gasteiger partial charge in [-0.1, -0.05) is 17.7 Å². The fourth-order valence-corrected chi connectivity index (χ4v) is 3.11. The second kappa shape index (κ2) is 4.30. The zero-order valence-corrected chi connectivity index (χ0v) is 11.4. The smallest absolute Gasteiger partial charge is 0.201 e. The van der Waals surface area contributed by atoms with Gasteiger partial charge in [0.1, 0.15) is 5.52 Å². The van der Waals surface area contributed by atoms with Crippen molar-refractivity contribution < 1.29 is 0 Å². The lowest BCUT2D eigenvalue weighted by atomic mass is 10.3. The van der Waals surface area contributed by atoms with Crippen molar-refractivity contribution in [2.75, 3.05) is 5.73 Å². The van der Waals surface area contributed by atoms with Gasteiger partial charge in [0.2, 0.25) is 5.95 Å². The van der Waals surface area contributed by atoms with Gasteiger partial charge in [0.15, 0.2) is 0 Å². The maximum atomic E-state index is 6.13. The van der Waals surface area contributed by atoms with Crippen LogP contribution in [0.1, 0.15) is 10.4 Å². The lowest BCUT2D eigenvalue weighted by Gasteiger charge is -2.05. The minimum atomic E-state index is 0.505. The van der Waals surface area contributed by atoms with Gasteiger partial charge in [-0.25, -0.2) is 4.98 Å². The van der Waals surface area contributed by atoms with Crippen LogP contribution in [0.15, 0.2) is 29.6 Å². The predicted molar refractivity (Wildman–Crippen MR) is 77.3 cm³/mol. The number of nitrogen functional groups attached to an aromatic ring is 1. The second-order valence-electron chi connectivity index (χ2n) is 4.19. The van der Waals surface area contributed by atoms with Crippen LogP contribution in [-0.2, 0) is 6.54 Å². The predicted octanol–water partition coefficient (Wildman–Crippen LogP) is 3.69. The summed E-state index contributed by atoms with van der Waals surface area (Å²) in [6.07, 6.45) is 0. The standard InChI is InChI=1S/C13H12ClN3S/c1-8-5-6-18-11(8)7-17-10-4-2-3-9(14)12(10)16-13(17)15/h2-6H,7H2,1H3,(H2,15,16). The Morgan fingerprint density at radius 1 is 1.39 bits per heavy atom. The maximum Gasteiger partial charge on any atom is 0.201 e. The summed E-state index contributed by atoms with van der Waals surface area (Å²) in [5, 5.41) is 2.73. The minimum absolute atomic E-state index is 0.505. The van der Waals surface area contributed by atoms with Crippen molar-refractivity contribution in [2.24, 2.45) is 0 Å². The quantitative estimate of drug-likeness (QED) is 0.776. The Morgan fingerprint density at radius 3 is 2.94 bits per heavy atom. The van der Waals surface area contributed by atoms with Gasteiger partial charge in [0.05, 0.1) is 17.1 Å². The van der Waals surface area contributed by atoms with Crippen LogP contribution in [-0.4, -0.2) is 9.55 Å². The normalized spacial score (nSPS) is 11.2. The Hall–Kier alpha value is -1.52. The van der Waals surface area contributed by atoms with E-state index in [1.165, 1.54) is 10.4 Å². The van der Waals surface area contributed by atoms with E-state index in [1.54, 1.807) is 11.3 Å². The van der Waals surface area contributed by atoms with Gasteiger partial charge in [-0.3, -0.25) is 0 Å². The molecule has 18 heavy (non-hydrogen) atoms. The van der Waals surface area contributed by atoms with Crippen molar-refractivity contribution in [2.45, 2.75) is 13.5 Å². The van der Waals surface area contributed by atoms with Crippen LogP contribution in [0.25, 0.3) is 11.0 Å². The first-order valence-electron chi connectivity index (χ1n) is 5.60. The molecule has 0 saturated heterocycles. The SMILES string of the molecule is Cc1ccsc1Cn1c(N)nc2c(Cl)cccc21. The molecule has 92 valence electrons. The van der Waals surface area contributed by atoms with Gasteiger partial charge in [-0.15, -0.1) is 11.3 Å². The van der Waals surface area contributed by atoms with E-state index >= 15 is 0 Å². The number of rotatable bonds is 2. The number of benzene rings is 1. The van der Waals surface area contributed by atoms with Gasteiger partial charge >= 0.3 is 0 Å². The van der Waals surface area contributed by atoms with E-state index in [9.17, 15) is 0 Å². The molecule has 0 bridgehead atoms. The number of hydrogen-bond donors (Lipinski definition) is 1. The van der Waals surface area contributed by atoms with E-state index in [0.717, 1.165) is 17.6 Å². The van der Waals surface area contributed by atoms with Crippen LogP contribution in [0, 0.1) is 6.92 Å². The molecular weight excluding hydrogens is 266 g/mol. The van der Waals surface area contributed by atoms with E-state index in [4.69, 9.17) is 17.3 Å². The molecule has 0 aliphatic heterocycles. The number of imidazole rings is 1. The summed E-state index contributed by atoms with van der Waals surface area (Å²) >= 11 is 7.86. The molecule has 1 aromatic carbocycles. The molecule has 0 aliphatic carbocycles. The van der Waals surface area contributed by atoms with Crippen molar-refractivity contribution >= 4 is 39.9 Å². The van der Waals surface area contributed by atoms with Gasteiger partial charge < -0.3 is 10.3 Å². The zero-order chi connectivity index (χ0) is 12.7. The molecule has 0 radical (unpaired) electrons. The summed E-state index contributed by atoms with van der Waals surface area (Å²) in [6, 6.07) is 7.86. The summed E-state index contributed by atoms with van der Waals surface area (Å²) in [4.78, 5) is 5.63. The molecule has 0 unspecified atom stereocenters. The number of hydrogen-bond acceptors (Lipinski definition) is 3. The van der Waals surface area contributed by atoms with Crippen LogP contribution in [0.2, 0.25) is 5.02 Å². The van der Waals surface area contributed by atoms with Gasteiger partial charge in [0.25, 0.3) is 0 Å². The van der Waals surface area contributed by atoms with E-state index in [1.807, 2.05) is 22.8 Å². The van der Waals surface area contributed by atoms with E-state index < -0.39 is 0 Å². The summed E-state index contributed by atoms with van der Waals surface area (Å²) in [6.45, 7) is 2.85. The molecule has 0 spiro atoms. The highest BCUT2D eigenvalue weighted by molar-refractivity contribution is 7.10. The van der Waals surface area contributed by atoms with E-state index in [2.05, 4.69) is 23.4 Å². The molecular formula is C13H12ClN3S. The van der Waals surface area contributed by atoms with Gasteiger partial charge in [0, 0.05) is 4.88 Å². The fourth-order valence-electron chi connectivity index (χ4n) is 2.01. The zero-order valence-electron chi connectivity index (χ0n) is 9.85. The third-order valence-electron chi connectivity index (χ3n) is 3.03. The Bertz CT molecular complexity index is 714. The van der Waals surface area contributed by atoms with Crippen LogP contribution in [0.3, 0.4) is 0 Å². The molecule has 0 atom stereocenters. The average Bonchev–Trinajstić information content (AvgIpc) is 2.87. The number of halogens is 1.